The molecule has 2 heterocycles. The lowest BCUT2D eigenvalue weighted by molar-refractivity contribution is -0.115. The van der Waals surface area contributed by atoms with Crippen molar-refractivity contribution in [3.05, 3.63) is 77.0 Å². The van der Waals surface area contributed by atoms with Crippen LogP contribution in [0.25, 0.3) is 11.1 Å². The summed E-state index contributed by atoms with van der Waals surface area (Å²) in [5.41, 5.74) is 8.91. The third-order valence-electron chi connectivity index (χ3n) is 5.64. The van der Waals surface area contributed by atoms with E-state index in [1.54, 1.807) is 6.92 Å². The average Bonchev–Trinajstić information content (AvgIpc) is 3.32. The van der Waals surface area contributed by atoms with Crippen LogP contribution in [-0.4, -0.2) is 30.2 Å². The van der Waals surface area contributed by atoms with E-state index in [1.165, 1.54) is 42.1 Å². The summed E-state index contributed by atoms with van der Waals surface area (Å²) in [4.78, 5) is 16.8. The number of nitrogens with one attached hydrogen (secondary N) is 2. The molecule has 4 aromatic rings. The highest BCUT2D eigenvalue weighted by Crippen LogP contribution is 2.36. The van der Waals surface area contributed by atoms with Crippen LogP contribution in [0.5, 0.6) is 0 Å². The number of rotatable bonds is 9. The molecule has 0 aliphatic heterocycles. The van der Waals surface area contributed by atoms with Gasteiger partial charge < -0.3 is 15.6 Å². The molecule has 11 nitrogen and oxygen atoms in total. The number of thioether (sulfide) groups is 1. The van der Waals surface area contributed by atoms with Crippen molar-refractivity contribution in [3.63, 3.8) is 0 Å². The molecule has 2 aromatic carbocycles. The second-order valence-corrected chi connectivity index (χ2v) is 11.4. The third-order valence-corrected chi connectivity index (χ3v) is 7.99. The van der Waals surface area contributed by atoms with Gasteiger partial charge >= 0.3 is 0 Å². The highest BCUT2D eigenvalue weighted by atomic mass is 32.2. The number of aromatic nitrogens is 2. The Morgan fingerprint density at radius 2 is 1.73 bits per heavy atom. The standard InChI is InChI=1S/C27H23N7O4S2/c1-16-3-5-18(6-4-16)25-21(14-28)26(30)32-27(22(25)15-29)39-12-11-24(35)31-19-7-9-20(10-8-19)40(36,37)34-23-13-17(2)38-33-23/h3-10,13H,11-12H2,1-2H3,(H2,30,32)(H,31,35)(H,33,34). The largest absolute Gasteiger partial charge is 0.383 e. The summed E-state index contributed by atoms with van der Waals surface area (Å²) in [5.74, 6) is 0.490. The summed E-state index contributed by atoms with van der Waals surface area (Å²) in [6.45, 7) is 3.57. The fourth-order valence-electron chi connectivity index (χ4n) is 3.70. The van der Waals surface area contributed by atoms with E-state index in [0.29, 0.717) is 27.6 Å². The van der Waals surface area contributed by atoms with Crippen LogP contribution in [0.15, 0.2) is 69.0 Å². The van der Waals surface area contributed by atoms with E-state index >= 15 is 0 Å². The summed E-state index contributed by atoms with van der Waals surface area (Å²) in [7, 11) is -3.88. The SMILES string of the molecule is Cc1ccc(-c2c(C#N)c(N)nc(SCCC(=O)Nc3ccc(S(=O)(=O)Nc4cc(C)on4)cc3)c2C#N)cc1. The predicted molar refractivity (Wildman–Crippen MR) is 151 cm³/mol. The van der Waals surface area contributed by atoms with Crippen molar-refractivity contribution in [1.82, 2.24) is 10.1 Å². The van der Waals surface area contributed by atoms with Gasteiger partial charge in [-0.1, -0.05) is 35.0 Å². The van der Waals surface area contributed by atoms with E-state index in [0.717, 1.165) is 5.56 Å². The third kappa shape index (κ3) is 6.40. The fourth-order valence-corrected chi connectivity index (χ4v) is 5.62. The number of nitrogens with zero attached hydrogens (tertiary/aromatic N) is 4. The topological polar surface area (TPSA) is 188 Å². The Morgan fingerprint density at radius 3 is 2.33 bits per heavy atom. The van der Waals surface area contributed by atoms with Crippen molar-refractivity contribution >= 4 is 45.0 Å². The number of hydrogen-bond donors (Lipinski definition) is 3. The number of carbonyl (C=O) groups is 1. The second-order valence-electron chi connectivity index (χ2n) is 8.62. The van der Waals surface area contributed by atoms with Crippen molar-refractivity contribution < 1.29 is 17.7 Å². The molecule has 0 radical (unpaired) electrons. The van der Waals surface area contributed by atoms with Crippen molar-refractivity contribution in [2.75, 3.05) is 21.5 Å². The van der Waals surface area contributed by atoms with Gasteiger partial charge in [-0.25, -0.2) is 13.4 Å². The quantitative estimate of drug-likeness (QED) is 0.239. The van der Waals surface area contributed by atoms with Crippen molar-refractivity contribution in [2.24, 2.45) is 0 Å². The van der Waals surface area contributed by atoms with E-state index < -0.39 is 10.0 Å². The lowest BCUT2D eigenvalue weighted by Crippen LogP contribution is -2.14. The van der Waals surface area contributed by atoms with Crippen molar-refractivity contribution in [3.8, 4) is 23.3 Å². The van der Waals surface area contributed by atoms with E-state index in [1.807, 2.05) is 37.3 Å². The van der Waals surface area contributed by atoms with Crippen molar-refractivity contribution in [1.29, 1.82) is 10.5 Å². The van der Waals surface area contributed by atoms with Gasteiger partial charge in [0.05, 0.1) is 10.5 Å². The van der Waals surface area contributed by atoms with Gasteiger partial charge in [-0.05, 0) is 43.7 Å². The Kier molecular flexibility index (Phi) is 8.38. The van der Waals surface area contributed by atoms with E-state index in [9.17, 15) is 23.7 Å². The molecule has 4 rings (SSSR count). The minimum absolute atomic E-state index is 0.00671. The summed E-state index contributed by atoms with van der Waals surface area (Å²) in [6, 6.07) is 18.7. The highest BCUT2D eigenvalue weighted by Gasteiger charge is 2.21. The molecule has 0 fully saturated rings. The Hall–Kier alpha value is -4.85. The monoisotopic (exact) mass is 573 g/mol. The molecule has 4 N–H and O–H groups in total. The molecular formula is C27H23N7O4S2. The second kappa shape index (κ2) is 11.9. The zero-order valence-electron chi connectivity index (χ0n) is 21.4. The van der Waals surface area contributed by atoms with Crippen LogP contribution in [0.1, 0.15) is 28.9 Å². The normalized spacial score (nSPS) is 10.9. The van der Waals surface area contributed by atoms with Gasteiger partial charge in [0, 0.05) is 29.5 Å². The number of aryl methyl sites for hydroxylation is 2. The highest BCUT2D eigenvalue weighted by molar-refractivity contribution is 7.99. The van der Waals surface area contributed by atoms with Crippen LogP contribution in [0.2, 0.25) is 0 Å². The molecule has 0 atom stereocenters. The first-order valence-corrected chi connectivity index (χ1v) is 14.3. The molecule has 0 aliphatic carbocycles. The van der Waals surface area contributed by atoms with Crippen LogP contribution in [-0.2, 0) is 14.8 Å². The molecule has 0 unspecified atom stereocenters. The lowest BCUT2D eigenvalue weighted by Gasteiger charge is -2.13. The number of sulfonamides is 1. The Balaban J connectivity index is 1.41. The van der Waals surface area contributed by atoms with E-state index in [2.05, 4.69) is 26.2 Å². The Bertz CT molecular complexity index is 1750. The first kappa shape index (κ1) is 28.2. The van der Waals surface area contributed by atoms with Gasteiger partial charge in [0.1, 0.15) is 34.3 Å². The van der Waals surface area contributed by atoms with Crippen molar-refractivity contribution in [2.45, 2.75) is 30.2 Å². The number of nitrogen functional groups attached to an aromatic ring is 1. The summed E-state index contributed by atoms with van der Waals surface area (Å²) >= 11 is 1.18. The smallest absolute Gasteiger partial charge is 0.263 e. The summed E-state index contributed by atoms with van der Waals surface area (Å²) in [5, 5.41) is 26.2. The summed E-state index contributed by atoms with van der Waals surface area (Å²) < 4.78 is 32.2. The maximum Gasteiger partial charge on any atom is 0.263 e. The van der Waals surface area contributed by atoms with Crippen LogP contribution in [0.3, 0.4) is 0 Å². The van der Waals surface area contributed by atoms with Gasteiger partial charge in [-0.2, -0.15) is 10.5 Å². The zero-order valence-corrected chi connectivity index (χ0v) is 23.1. The number of hydrogen-bond acceptors (Lipinski definition) is 10. The zero-order chi connectivity index (χ0) is 28.9. The molecule has 2 aromatic heterocycles. The minimum atomic E-state index is -3.88. The van der Waals surface area contributed by atoms with Crippen LogP contribution in [0, 0.1) is 36.5 Å². The molecule has 0 saturated carbocycles. The van der Waals surface area contributed by atoms with Gasteiger partial charge in [0.15, 0.2) is 5.82 Å². The minimum Gasteiger partial charge on any atom is -0.383 e. The Labute approximate surface area is 235 Å². The van der Waals surface area contributed by atoms with Gasteiger partial charge in [-0.15, -0.1) is 11.8 Å². The fraction of sp³-hybridized carbons (Fsp3) is 0.148. The van der Waals surface area contributed by atoms with Crippen LogP contribution < -0.4 is 15.8 Å². The number of benzene rings is 2. The first-order valence-electron chi connectivity index (χ1n) is 11.8. The molecule has 1 amide bonds. The predicted octanol–water partition coefficient (Wildman–Crippen LogP) is 4.60. The number of nitriles is 2. The van der Waals surface area contributed by atoms with Gasteiger partial charge in [0.2, 0.25) is 5.91 Å². The maximum atomic E-state index is 12.5. The van der Waals surface area contributed by atoms with Crippen LogP contribution >= 0.6 is 11.8 Å². The molecule has 13 heteroatoms. The Morgan fingerprint density at radius 1 is 1.05 bits per heavy atom. The molecule has 40 heavy (non-hydrogen) atoms. The number of amides is 1. The molecule has 202 valence electrons. The van der Waals surface area contributed by atoms with E-state index in [4.69, 9.17) is 10.3 Å². The molecule has 0 bridgehead atoms. The number of pyridine rings is 1. The van der Waals surface area contributed by atoms with Gasteiger partial charge in [-0.3, -0.25) is 9.52 Å². The average molecular weight is 574 g/mol. The van der Waals surface area contributed by atoms with Gasteiger partial charge in [0.25, 0.3) is 10.0 Å². The molecule has 0 aliphatic rings. The van der Waals surface area contributed by atoms with Crippen LogP contribution in [0.4, 0.5) is 17.3 Å². The lowest BCUT2D eigenvalue weighted by atomic mass is 9.96. The molecule has 0 saturated heterocycles. The molecule has 0 spiro atoms. The van der Waals surface area contributed by atoms with E-state index in [-0.39, 0.29) is 45.7 Å². The number of anilines is 3. The maximum absolute atomic E-state index is 12.5. The molecular weight excluding hydrogens is 550 g/mol. The number of carbonyl (C=O) groups excluding carboxylic acids is 1. The summed E-state index contributed by atoms with van der Waals surface area (Å²) in [6.07, 6.45) is 0.0735. The number of nitrogens with two attached hydrogens (primary N) is 1. The first-order chi connectivity index (χ1) is 19.1.